The van der Waals surface area contributed by atoms with Crippen molar-refractivity contribution in [2.45, 2.75) is 52.0 Å². The van der Waals surface area contributed by atoms with Gasteiger partial charge in [-0.2, -0.15) is 0 Å². The summed E-state index contributed by atoms with van der Waals surface area (Å²) in [6.45, 7) is 9.71. The largest absolute Gasteiger partial charge is 0.493 e. The monoisotopic (exact) mass is 469 g/mol. The predicted octanol–water partition coefficient (Wildman–Crippen LogP) is 5.47. The van der Waals surface area contributed by atoms with Crippen molar-refractivity contribution in [1.82, 2.24) is 9.80 Å². The van der Waals surface area contributed by atoms with E-state index in [0.29, 0.717) is 12.0 Å². The van der Waals surface area contributed by atoms with Crippen LogP contribution in [0.25, 0.3) is 0 Å². The van der Waals surface area contributed by atoms with E-state index in [0.717, 1.165) is 61.2 Å². The predicted molar refractivity (Wildman–Crippen MR) is 142 cm³/mol. The van der Waals surface area contributed by atoms with E-state index in [4.69, 9.17) is 21.7 Å². The molecule has 1 aliphatic rings. The van der Waals surface area contributed by atoms with Crippen LogP contribution in [0, 0.1) is 6.92 Å². The van der Waals surface area contributed by atoms with Crippen LogP contribution in [0.4, 0.5) is 5.69 Å². The number of methoxy groups -OCH3 is 2. The molecule has 2 aromatic carbocycles. The fourth-order valence-corrected chi connectivity index (χ4v) is 4.99. The van der Waals surface area contributed by atoms with Crippen molar-refractivity contribution in [2.24, 2.45) is 0 Å². The first kappa shape index (κ1) is 25.3. The Morgan fingerprint density at radius 1 is 1.12 bits per heavy atom. The second-order valence-electron chi connectivity index (χ2n) is 9.27. The summed E-state index contributed by atoms with van der Waals surface area (Å²) < 4.78 is 10.9. The molecular formula is C27H39N3O2S. The molecule has 0 radical (unpaired) electrons. The maximum absolute atomic E-state index is 6.00. The number of hydrogen-bond donors (Lipinski definition) is 1. The lowest BCUT2D eigenvalue weighted by Gasteiger charge is -2.39. The smallest absolute Gasteiger partial charge is 0.173 e. The van der Waals surface area contributed by atoms with Crippen molar-refractivity contribution in [2.75, 3.05) is 46.2 Å². The number of hydrogen-bond acceptors (Lipinski definition) is 4. The highest BCUT2D eigenvalue weighted by molar-refractivity contribution is 7.80. The van der Waals surface area contributed by atoms with Gasteiger partial charge >= 0.3 is 0 Å². The molecule has 5 nitrogen and oxygen atoms in total. The van der Waals surface area contributed by atoms with Gasteiger partial charge in [0, 0.05) is 18.3 Å². The van der Waals surface area contributed by atoms with Gasteiger partial charge in [0.1, 0.15) is 0 Å². The van der Waals surface area contributed by atoms with E-state index in [2.05, 4.69) is 73.3 Å². The number of rotatable bonds is 8. The molecule has 1 saturated heterocycles. The molecule has 1 aliphatic heterocycles. The van der Waals surface area contributed by atoms with Crippen molar-refractivity contribution < 1.29 is 9.47 Å². The highest BCUT2D eigenvalue weighted by Crippen LogP contribution is 2.29. The van der Waals surface area contributed by atoms with Gasteiger partial charge in [0.15, 0.2) is 16.6 Å². The molecule has 0 amide bonds. The highest BCUT2D eigenvalue weighted by Gasteiger charge is 2.25. The summed E-state index contributed by atoms with van der Waals surface area (Å²) in [5, 5.41) is 4.40. The minimum Gasteiger partial charge on any atom is -0.493 e. The third-order valence-electron chi connectivity index (χ3n) is 6.72. The SMILES string of the molecule is COc1ccc(CCN(C(=S)Nc2cccc(C(C)C)c2C)C2CCN(C)CC2)cc1OC. The van der Waals surface area contributed by atoms with Crippen LogP contribution in [0.3, 0.4) is 0 Å². The highest BCUT2D eigenvalue weighted by atomic mass is 32.1. The number of thiocarbonyl (C=S) groups is 1. The molecule has 1 N–H and O–H groups in total. The number of nitrogens with zero attached hydrogens (tertiary/aromatic N) is 2. The third kappa shape index (κ3) is 6.39. The maximum Gasteiger partial charge on any atom is 0.173 e. The van der Waals surface area contributed by atoms with Crippen molar-refractivity contribution >= 4 is 23.0 Å². The summed E-state index contributed by atoms with van der Waals surface area (Å²) in [6, 6.07) is 13.1. The number of benzene rings is 2. The van der Waals surface area contributed by atoms with Crippen LogP contribution < -0.4 is 14.8 Å². The fourth-order valence-electron chi connectivity index (χ4n) is 4.64. The second-order valence-corrected chi connectivity index (χ2v) is 9.66. The van der Waals surface area contributed by atoms with Gasteiger partial charge in [-0.1, -0.05) is 32.0 Å². The van der Waals surface area contributed by atoms with Crippen LogP contribution >= 0.6 is 12.2 Å². The molecule has 1 fully saturated rings. The number of piperidine rings is 1. The Kier molecular flexibility index (Phi) is 8.98. The van der Waals surface area contributed by atoms with Crippen LogP contribution in [0.15, 0.2) is 36.4 Å². The van der Waals surface area contributed by atoms with Crippen LogP contribution in [0.1, 0.15) is 49.3 Å². The van der Waals surface area contributed by atoms with Gasteiger partial charge < -0.3 is 24.6 Å². The first-order valence-corrected chi connectivity index (χ1v) is 12.3. The average molecular weight is 470 g/mol. The van der Waals surface area contributed by atoms with Crippen LogP contribution in [-0.4, -0.2) is 61.9 Å². The first-order valence-electron chi connectivity index (χ1n) is 11.9. The van der Waals surface area contributed by atoms with Gasteiger partial charge in [0.25, 0.3) is 0 Å². The molecule has 0 atom stereocenters. The van der Waals surface area contributed by atoms with Gasteiger partial charge in [0.05, 0.1) is 14.2 Å². The van der Waals surface area contributed by atoms with Crippen molar-refractivity contribution in [3.8, 4) is 11.5 Å². The Morgan fingerprint density at radius 3 is 2.45 bits per heavy atom. The van der Waals surface area contributed by atoms with E-state index in [1.807, 2.05) is 6.07 Å². The van der Waals surface area contributed by atoms with Gasteiger partial charge in [-0.25, -0.2) is 0 Å². The molecule has 6 heteroatoms. The number of nitrogens with one attached hydrogen (secondary N) is 1. The normalized spacial score (nSPS) is 14.9. The molecule has 1 heterocycles. The van der Waals surface area contributed by atoms with E-state index >= 15 is 0 Å². The fraction of sp³-hybridized carbons (Fsp3) is 0.519. The zero-order valence-corrected chi connectivity index (χ0v) is 21.8. The summed E-state index contributed by atoms with van der Waals surface area (Å²) >= 11 is 6.00. The van der Waals surface area contributed by atoms with E-state index in [9.17, 15) is 0 Å². The molecule has 0 spiro atoms. The lowest BCUT2D eigenvalue weighted by Crippen LogP contribution is -2.48. The van der Waals surface area contributed by atoms with Gasteiger partial charge in [-0.05, 0) is 99.3 Å². The summed E-state index contributed by atoms with van der Waals surface area (Å²) in [5.74, 6) is 2.00. The number of anilines is 1. The van der Waals surface area contributed by atoms with Crippen LogP contribution in [-0.2, 0) is 6.42 Å². The van der Waals surface area contributed by atoms with Crippen LogP contribution in [0.5, 0.6) is 11.5 Å². The molecule has 0 unspecified atom stereocenters. The minimum atomic E-state index is 0.440. The lowest BCUT2D eigenvalue weighted by molar-refractivity contribution is 0.178. The van der Waals surface area contributed by atoms with Crippen LogP contribution in [0.2, 0.25) is 0 Å². The Bertz CT molecular complexity index is 939. The topological polar surface area (TPSA) is 37.0 Å². The Labute approximate surface area is 205 Å². The molecule has 180 valence electrons. The number of ether oxygens (including phenoxy) is 2. The molecule has 0 saturated carbocycles. The van der Waals surface area contributed by atoms with Gasteiger partial charge in [0.2, 0.25) is 0 Å². The quantitative estimate of drug-likeness (QED) is 0.517. The average Bonchev–Trinajstić information content (AvgIpc) is 2.81. The zero-order chi connectivity index (χ0) is 24.0. The molecule has 0 aliphatic carbocycles. The summed E-state index contributed by atoms with van der Waals surface area (Å²) in [6.07, 6.45) is 3.13. The summed E-state index contributed by atoms with van der Waals surface area (Å²) in [7, 11) is 5.54. The third-order valence-corrected chi connectivity index (χ3v) is 7.05. The van der Waals surface area contributed by atoms with Crippen molar-refractivity contribution in [3.63, 3.8) is 0 Å². The molecule has 3 rings (SSSR count). The second kappa shape index (κ2) is 11.7. The van der Waals surface area contributed by atoms with Gasteiger partial charge in [-0.3, -0.25) is 0 Å². The standard InChI is InChI=1S/C27H39N3O2S/c1-19(2)23-8-7-9-24(20(23)3)28-27(33)30(22-13-15-29(4)16-14-22)17-12-21-10-11-25(31-5)26(18-21)32-6/h7-11,18-19,22H,12-17H2,1-6H3,(H,28,33). The van der Waals surface area contributed by atoms with E-state index < -0.39 is 0 Å². The Hall–Kier alpha value is -2.31. The van der Waals surface area contributed by atoms with E-state index in [1.54, 1.807) is 14.2 Å². The zero-order valence-electron chi connectivity index (χ0n) is 21.0. The molecule has 0 bridgehead atoms. The van der Waals surface area contributed by atoms with Gasteiger partial charge in [-0.15, -0.1) is 0 Å². The molecule has 2 aromatic rings. The maximum atomic E-state index is 6.00. The summed E-state index contributed by atoms with van der Waals surface area (Å²) in [5.41, 5.74) is 4.96. The molecule has 33 heavy (non-hydrogen) atoms. The van der Waals surface area contributed by atoms with Crippen molar-refractivity contribution in [1.29, 1.82) is 0 Å². The minimum absolute atomic E-state index is 0.440. The first-order chi connectivity index (χ1) is 15.8. The lowest BCUT2D eigenvalue weighted by atomic mass is 9.97. The Balaban J connectivity index is 1.78. The summed E-state index contributed by atoms with van der Waals surface area (Å²) in [4.78, 5) is 4.80. The molecule has 0 aromatic heterocycles. The van der Waals surface area contributed by atoms with E-state index in [1.165, 1.54) is 16.7 Å². The Morgan fingerprint density at radius 2 is 1.82 bits per heavy atom. The number of likely N-dealkylation sites (tertiary alicyclic amines) is 1. The van der Waals surface area contributed by atoms with Crippen molar-refractivity contribution in [3.05, 3.63) is 53.1 Å². The van der Waals surface area contributed by atoms with E-state index in [-0.39, 0.29) is 0 Å². The molecular weight excluding hydrogens is 430 g/mol.